The van der Waals surface area contributed by atoms with E-state index in [4.69, 9.17) is 14.2 Å². The van der Waals surface area contributed by atoms with E-state index in [-0.39, 0.29) is 30.0 Å². The van der Waals surface area contributed by atoms with Gasteiger partial charge in [0.1, 0.15) is 11.5 Å². The molecule has 0 saturated heterocycles. The van der Waals surface area contributed by atoms with Crippen LogP contribution >= 0.6 is 0 Å². The number of amides is 1. The number of benzene rings is 2. The molecule has 0 bridgehead atoms. The number of ether oxygens (including phenoxy) is 3. The van der Waals surface area contributed by atoms with Gasteiger partial charge >= 0.3 is 5.97 Å². The van der Waals surface area contributed by atoms with Crippen LogP contribution in [0.5, 0.6) is 11.5 Å². The molecular formula is C22H26N2O7S. The lowest BCUT2D eigenvalue weighted by molar-refractivity contribution is -0.148. The van der Waals surface area contributed by atoms with Crippen molar-refractivity contribution < 1.29 is 32.2 Å². The number of esters is 1. The van der Waals surface area contributed by atoms with Crippen molar-refractivity contribution in [2.45, 2.75) is 37.8 Å². The minimum atomic E-state index is -3.64. The Balaban J connectivity index is 1.74. The Morgan fingerprint density at radius 1 is 1.22 bits per heavy atom. The molecule has 0 spiro atoms. The standard InChI is InChI=1S/C22H26N2O7S/c1-14(2)23-32(27,28)16-9-10-18(15(3)11-16)30-13-21(25)24-12-20(22(26)29-4)31-19-8-6-5-7-17(19)24/h5-11,14,20,23H,12-13H2,1-4H3/t20-/m0/s1. The third kappa shape index (κ3) is 5.20. The first-order chi connectivity index (χ1) is 15.1. The lowest BCUT2D eigenvalue weighted by Crippen LogP contribution is -2.48. The molecule has 3 rings (SSSR count). The largest absolute Gasteiger partial charge is 0.483 e. The average molecular weight is 463 g/mol. The number of fused-ring (bicyclic) bond motifs is 1. The number of para-hydroxylation sites is 2. The Hall–Kier alpha value is -3.11. The lowest BCUT2D eigenvalue weighted by Gasteiger charge is -2.33. The van der Waals surface area contributed by atoms with Gasteiger partial charge in [0, 0.05) is 6.04 Å². The lowest BCUT2D eigenvalue weighted by atomic mass is 10.2. The monoisotopic (exact) mass is 462 g/mol. The van der Waals surface area contributed by atoms with Crippen LogP contribution in [0.3, 0.4) is 0 Å². The number of nitrogens with one attached hydrogen (secondary N) is 1. The highest BCUT2D eigenvalue weighted by molar-refractivity contribution is 7.89. The Morgan fingerprint density at radius 2 is 1.94 bits per heavy atom. The van der Waals surface area contributed by atoms with Crippen LogP contribution in [0, 0.1) is 6.92 Å². The number of anilines is 1. The van der Waals surface area contributed by atoms with Crippen molar-refractivity contribution >= 4 is 27.6 Å². The second-order valence-electron chi connectivity index (χ2n) is 7.59. The first-order valence-electron chi connectivity index (χ1n) is 10.0. The van der Waals surface area contributed by atoms with Gasteiger partial charge in [-0.15, -0.1) is 0 Å². The minimum Gasteiger partial charge on any atom is -0.483 e. The number of rotatable bonds is 7. The van der Waals surface area contributed by atoms with Gasteiger partial charge in [-0.25, -0.2) is 17.9 Å². The van der Waals surface area contributed by atoms with Gasteiger partial charge in [-0.3, -0.25) is 4.79 Å². The van der Waals surface area contributed by atoms with E-state index in [9.17, 15) is 18.0 Å². The topological polar surface area (TPSA) is 111 Å². The summed E-state index contributed by atoms with van der Waals surface area (Å²) in [5, 5.41) is 0. The van der Waals surface area contributed by atoms with Crippen LogP contribution in [0.15, 0.2) is 47.4 Å². The number of nitrogens with zero attached hydrogens (tertiary/aromatic N) is 1. The van der Waals surface area contributed by atoms with Gasteiger partial charge in [0.25, 0.3) is 5.91 Å². The average Bonchev–Trinajstić information content (AvgIpc) is 2.75. The van der Waals surface area contributed by atoms with Gasteiger partial charge in [-0.2, -0.15) is 0 Å². The van der Waals surface area contributed by atoms with Crippen LogP contribution < -0.4 is 19.1 Å². The summed E-state index contributed by atoms with van der Waals surface area (Å²) in [7, 11) is -2.38. The summed E-state index contributed by atoms with van der Waals surface area (Å²) in [6.07, 6.45) is -0.946. The molecule has 1 N–H and O–H groups in total. The first-order valence-corrected chi connectivity index (χ1v) is 11.5. The van der Waals surface area contributed by atoms with Crippen LogP contribution in [0.1, 0.15) is 19.4 Å². The fourth-order valence-electron chi connectivity index (χ4n) is 3.27. The fourth-order valence-corrected chi connectivity index (χ4v) is 4.61. The maximum atomic E-state index is 12.9. The number of hydrogen-bond acceptors (Lipinski definition) is 7. The van der Waals surface area contributed by atoms with E-state index >= 15 is 0 Å². The normalized spacial score (nSPS) is 15.7. The van der Waals surface area contributed by atoms with E-state index in [0.717, 1.165) is 0 Å². The quantitative estimate of drug-likeness (QED) is 0.627. The van der Waals surface area contributed by atoms with E-state index in [1.807, 2.05) is 0 Å². The van der Waals surface area contributed by atoms with Gasteiger partial charge in [0.05, 0.1) is 24.2 Å². The minimum absolute atomic E-state index is 0.0110. The summed E-state index contributed by atoms with van der Waals surface area (Å²) in [6.45, 7) is 4.86. The Bertz CT molecular complexity index is 1120. The Labute approximate surface area is 187 Å². The fraction of sp³-hybridized carbons (Fsp3) is 0.364. The zero-order chi connectivity index (χ0) is 23.5. The second kappa shape index (κ2) is 9.58. The van der Waals surface area contributed by atoms with Crippen LogP contribution in [0.4, 0.5) is 5.69 Å². The molecule has 10 heteroatoms. The van der Waals surface area contributed by atoms with Crippen molar-refractivity contribution in [2.75, 3.05) is 25.2 Å². The van der Waals surface area contributed by atoms with Crippen molar-refractivity contribution in [3.63, 3.8) is 0 Å². The molecule has 1 amide bonds. The summed E-state index contributed by atoms with van der Waals surface area (Å²) < 4.78 is 43.3. The maximum Gasteiger partial charge on any atom is 0.348 e. The Kier molecular flexibility index (Phi) is 7.05. The molecule has 2 aromatic carbocycles. The molecule has 1 atom stereocenters. The van der Waals surface area contributed by atoms with Crippen molar-refractivity contribution in [1.29, 1.82) is 0 Å². The van der Waals surface area contributed by atoms with Gasteiger partial charge in [0.15, 0.2) is 6.61 Å². The van der Waals surface area contributed by atoms with E-state index in [1.165, 1.54) is 30.2 Å². The molecule has 32 heavy (non-hydrogen) atoms. The molecule has 0 unspecified atom stereocenters. The number of methoxy groups -OCH3 is 1. The predicted octanol–water partition coefficient (Wildman–Crippen LogP) is 2.03. The molecule has 1 aliphatic rings. The summed E-state index contributed by atoms with van der Waals surface area (Å²) in [4.78, 5) is 26.4. The van der Waals surface area contributed by atoms with Crippen molar-refractivity contribution in [3.05, 3.63) is 48.0 Å². The molecular weight excluding hydrogens is 436 g/mol. The smallest absolute Gasteiger partial charge is 0.348 e. The molecule has 0 radical (unpaired) electrons. The molecule has 1 aliphatic heterocycles. The third-order valence-corrected chi connectivity index (χ3v) is 6.39. The molecule has 1 heterocycles. The molecule has 0 aromatic heterocycles. The molecule has 2 aromatic rings. The predicted molar refractivity (Wildman–Crippen MR) is 117 cm³/mol. The van der Waals surface area contributed by atoms with Crippen molar-refractivity contribution in [1.82, 2.24) is 4.72 Å². The van der Waals surface area contributed by atoms with Crippen molar-refractivity contribution in [2.24, 2.45) is 0 Å². The first kappa shape index (κ1) is 23.6. The number of hydrogen-bond donors (Lipinski definition) is 1. The summed E-state index contributed by atoms with van der Waals surface area (Å²) in [5.41, 5.74) is 1.10. The van der Waals surface area contributed by atoms with E-state index in [2.05, 4.69) is 4.72 Å². The Morgan fingerprint density at radius 3 is 2.59 bits per heavy atom. The molecule has 172 valence electrons. The second-order valence-corrected chi connectivity index (χ2v) is 9.31. The van der Waals surface area contributed by atoms with E-state index in [0.29, 0.717) is 22.7 Å². The summed E-state index contributed by atoms with van der Waals surface area (Å²) >= 11 is 0. The molecule has 0 fully saturated rings. The SMILES string of the molecule is COC(=O)[C@@H]1CN(C(=O)COc2ccc(S(=O)(=O)NC(C)C)cc2C)c2ccccc2O1. The van der Waals surface area contributed by atoms with E-state index in [1.54, 1.807) is 45.0 Å². The molecule has 0 aliphatic carbocycles. The van der Waals surface area contributed by atoms with E-state index < -0.39 is 22.1 Å². The van der Waals surface area contributed by atoms with Crippen molar-refractivity contribution in [3.8, 4) is 11.5 Å². The third-order valence-electron chi connectivity index (χ3n) is 4.74. The highest BCUT2D eigenvalue weighted by atomic mass is 32.2. The number of carbonyl (C=O) groups excluding carboxylic acids is 2. The van der Waals surface area contributed by atoms with Crippen LogP contribution in [0.25, 0.3) is 0 Å². The van der Waals surface area contributed by atoms with Gasteiger partial charge in [0.2, 0.25) is 16.1 Å². The van der Waals surface area contributed by atoms with Crippen LogP contribution in [-0.4, -0.2) is 52.7 Å². The highest BCUT2D eigenvalue weighted by Gasteiger charge is 2.34. The number of carbonyl (C=O) groups is 2. The summed E-state index contributed by atoms with van der Waals surface area (Å²) in [5.74, 6) is -0.188. The number of aryl methyl sites for hydroxylation is 1. The molecule has 0 saturated carbocycles. The highest BCUT2D eigenvalue weighted by Crippen LogP contribution is 2.33. The van der Waals surface area contributed by atoms with Gasteiger partial charge < -0.3 is 19.1 Å². The summed E-state index contributed by atoms with van der Waals surface area (Å²) in [6, 6.07) is 11.1. The van der Waals surface area contributed by atoms with Gasteiger partial charge in [-0.1, -0.05) is 12.1 Å². The van der Waals surface area contributed by atoms with Crippen LogP contribution in [-0.2, 0) is 24.3 Å². The maximum absolute atomic E-state index is 12.9. The van der Waals surface area contributed by atoms with Crippen LogP contribution in [0.2, 0.25) is 0 Å². The zero-order valence-corrected chi connectivity index (χ0v) is 19.1. The van der Waals surface area contributed by atoms with Gasteiger partial charge in [-0.05, 0) is 56.7 Å². The zero-order valence-electron chi connectivity index (χ0n) is 18.3. The molecule has 9 nitrogen and oxygen atoms in total. The number of sulfonamides is 1.